The molecule has 2 unspecified atom stereocenters. The number of hydrogen-bond donors (Lipinski definition) is 1. The molecule has 310 valence electrons. The molecule has 0 aromatic heterocycles. The first-order valence-corrected chi connectivity index (χ1v) is 24.2. The Bertz CT molecular complexity index is 694. The second-order valence-corrected chi connectivity index (χ2v) is 17.0. The molecule has 0 saturated carbocycles. The van der Waals surface area contributed by atoms with Gasteiger partial charge in [0.1, 0.15) is 0 Å². The Balaban J connectivity index is 4.46. The molecule has 0 aliphatic rings. The molecule has 0 aromatic carbocycles. The first-order valence-electron chi connectivity index (χ1n) is 23.2. The summed E-state index contributed by atoms with van der Waals surface area (Å²) in [6.07, 6.45) is 37.9. The Morgan fingerprint density at radius 1 is 0.481 bits per heavy atom. The zero-order valence-electron chi connectivity index (χ0n) is 35.6. The summed E-state index contributed by atoms with van der Waals surface area (Å²) in [7, 11) is 0. The summed E-state index contributed by atoms with van der Waals surface area (Å²) in [4.78, 5) is 28.7. The van der Waals surface area contributed by atoms with E-state index in [9.17, 15) is 14.7 Å². The fourth-order valence-electron chi connectivity index (χ4n) is 7.33. The van der Waals surface area contributed by atoms with Gasteiger partial charge in [-0.2, -0.15) is 0 Å². The van der Waals surface area contributed by atoms with E-state index in [0.29, 0.717) is 11.7 Å². The molecule has 0 radical (unpaired) electrons. The maximum Gasteiger partial charge on any atom is 0.308 e. The maximum absolute atomic E-state index is 13.2. The zero-order chi connectivity index (χ0) is 38.2. The van der Waals surface area contributed by atoms with Gasteiger partial charge in [0.15, 0.2) is 5.12 Å². The summed E-state index contributed by atoms with van der Waals surface area (Å²) in [5, 5.41) is 9.79. The largest absolute Gasteiger partial charge is 0.465 e. The molecule has 0 aliphatic heterocycles. The van der Waals surface area contributed by atoms with E-state index in [-0.39, 0.29) is 24.4 Å². The molecule has 0 aromatic rings. The number of nitrogens with zero attached hydrogens (tertiary/aromatic N) is 1. The van der Waals surface area contributed by atoms with Gasteiger partial charge in [-0.3, -0.25) is 9.59 Å². The molecule has 1 N–H and O–H groups in total. The van der Waals surface area contributed by atoms with E-state index in [1.165, 1.54) is 128 Å². The van der Waals surface area contributed by atoms with Crippen LogP contribution < -0.4 is 0 Å². The summed E-state index contributed by atoms with van der Waals surface area (Å²) in [5.74, 6) is 1.36. The minimum absolute atomic E-state index is 0.0517. The van der Waals surface area contributed by atoms with Crippen molar-refractivity contribution >= 4 is 22.8 Å². The number of thioether (sulfide) groups is 1. The highest BCUT2D eigenvalue weighted by molar-refractivity contribution is 8.13. The monoisotopic (exact) mass is 754 g/mol. The number of aliphatic hydroxyl groups excluding tert-OH is 1. The molecule has 0 bridgehead atoms. The van der Waals surface area contributed by atoms with Crippen molar-refractivity contribution in [2.24, 2.45) is 11.8 Å². The average Bonchev–Trinajstić information content (AvgIpc) is 3.15. The van der Waals surface area contributed by atoms with Gasteiger partial charge < -0.3 is 14.7 Å². The van der Waals surface area contributed by atoms with E-state index in [2.05, 4.69) is 32.6 Å². The first kappa shape index (κ1) is 51.4. The molecule has 5 nitrogen and oxygen atoms in total. The number of unbranched alkanes of at least 4 members (excludes halogenated alkanes) is 21. The van der Waals surface area contributed by atoms with Gasteiger partial charge in [-0.05, 0) is 90.3 Å². The van der Waals surface area contributed by atoms with Crippen LogP contribution in [0.15, 0.2) is 0 Å². The van der Waals surface area contributed by atoms with Crippen LogP contribution in [0.1, 0.15) is 233 Å². The van der Waals surface area contributed by atoms with Crippen molar-refractivity contribution in [3.63, 3.8) is 0 Å². The Labute approximate surface area is 329 Å². The third-order valence-corrected chi connectivity index (χ3v) is 12.0. The molecule has 52 heavy (non-hydrogen) atoms. The van der Waals surface area contributed by atoms with E-state index in [0.717, 1.165) is 102 Å². The Morgan fingerprint density at radius 3 is 1.35 bits per heavy atom. The van der Waals surface area contributed by atoms with Gasteiger partial charge in [0.05, 0.1) is 12.5 Å². The van der Waals surface area contributed by atoms with Crippen molar-refractivity contribution in [1.82, 2.24) is 4.90 Å². The predicted molar refractivity (Wildman–Crippen MR) is 229 cm³/mol. The second-order valence-electron chi connectivity index (χ2n) is 15.9. The Kier molecular flexibility index (Phi) is 41.1. The number of hydrogen-bond acceptors (Lipinski definition) is 6. The molecule has 0 heterocycles. The van der Waals surface area contributed by atoms with Crippen LogP contribution in [0.25, 0.3) is 0 Å². The van der Waals surface area contributed by atoms with Crippen molar-refractivity contribution in [2.75, 3.05) is 38.6 Å². The molecule has 0 fully saturated rings. The third kappa shape index (κ3) is 33.9. The summed E-state index contributed by atoms with van der Waals surface area (Å²) in [6, 6.07) is 0. The number of ether oxygens (including phenoxy) is 1. The van der Waals surface area contributed by atoms with E-state index in [1.54, 1.807) is 11.8 Å². The zero-order valence-corrected chi connectivity index (χ0v) is 36.4. The van der Waals surface area contributed by atoms with Crippen molar-refractivity contribution < 1.29 is 19.4 Å². The third-order valence-electron chi connectivity index (χ3n) is 10.9. The summed E-state index contributed by atoms with van der Waals surface area (Å²) >= 11 is 1.62. The molecule has 0 rings (SSSR count). The highest BCUT2D eigenvalue weighted by Crippen LogP contribution is 2.25. The van der Waals surface area contributed by atoms with Crippen molar-refractivity contribution in [3.8, 4) is 0 Å². The van der Waals surface area contributed by atoms with Crippen LogP contribution in [0.4, 0.5) is 0 Å². The van der Waals surface area contributed by atoms with Crippen LogP contribution in [0.5, 0.6) is 0 Å². The van der Waals surface area contributed by atoms with Crippen molar-refractivity contribution in [2.45, 2.75) is 233 Å². The standard InChI is InChI=1S/C46H91NO4S/c1-5-9-13-17-19-25-34-43(33-23-15-11-7-3)45(49)51-41-31-21-27-37-47(39-29-30-40-48)38-28-22-32-42-52-46(50)44(35-24-16-12-8-4)36-26-20-18-14-10-6-2/h43-44,48H,5-42H2,1-4H3. The normalized spacial score (nSPS) is 12.8. The fourth-order valence-corrected chi connectivity index (χ4v) is 8.35. The van der Waals surface area contributed by atoms with Crippen molar-refractivity contribution in [3.05, 3.63) is 0 Å². The highest BCUT2D eigenvalue weighted by atomic mass is 32.2. The van der Waals surface area contributed by atoms with Gasteiger partial charge in [-0.25, -0.2) is 0 Å². The minimum Gasteiger partial charge on any atom is -0.465 e. The van der Waals surface area contributed by atoms with Gasteiger partial charge in [0.25, 0.3) is 0 Å². The first-order chi connectivity index (χ1) is 25.5. The smallest absolute Gasteiger partial charge is 0.308 e. The van der Waals surface area contributed by atoms with Gasteiger partial charge in [-0.15, -0.1) is 0 Å². The molecular formula is C46H91NO4S. The minimum atomic E-state index is 0.0517. The summed E-state index contributed by atoms with van der Waals surface area (Å²) < 4.78 is 5.84. The van der Waals surface area contributed by atoms with Crippen LogP contribution in [-0.4, -0.2) is 59.7 Å². The molecule has 0 aliphatic carbocycles. The fraction of sp³-hybridized carbons (Fsp3) is 0.957. The van der Waals surface area contributed by atoms with E-state index in [1.807, 2.05) is 0 Å². The Hall–Kier alpha value is -0.590. The second kappa shape index (κ2) is 41.6. The number of rotatable bonds is 42. The van der Waals surface area contributed by atoms with Gasteiger partial charge in [0, 0.05) is 18.3 Å². The quantitative estimate of drug-likeness (QED) is 0.0494. The van der Waals surface area contributed by atoms with Crippen LogP contribution >= 0.6 is 11.8 Å². The van der Waals surface area contributed by atoms with Crippen molar-refractivity contribution in [1.29, 1.82) is 0 Å². The summed E-state index contributed by atoms with van der Waals surface area (Å²) in [5.41, 5.74) is 0. The van der Waals surface area contributed by atoms with Crippen LogP contribution in [0.3, 0.4) is 0 Å². The molecule has 0 spiro atoms. The maximum atomic E-state index is 13.2. The Morgan fingerprint density at radius 2 is 0.865 bits per heavy atom. The van der Waals surface area contributed by atoms with E-state index >= 15 is 0 Å². The van der Waals surface area contributed by atoms with Crippen LogP contribution in [-0.2, 0) is 14.3 Å². The van der Waals surface area contributed by atoms with Gasteiger partial charge >= 0.3 is 5.97 Å². The predicted octanol–water partition coefficient (Wildman–Crippen LogP) is 13.9. The van der Waals surface area contributed by atoms with E-state index in [4.69, 9.17) is 4.74 Å². The lowest BCUT2D eigenvalue weighted by Crippen LogP contribution is -2.27. The van der Waals surface area contributed by atoms with Gasteiger partial charge in [-0.1, -0.05) is 174 Å². The lowest BCUT2D eigenvalue weighted by molar-refractivity contribution is -0.149. The topological polar surface area (TPSA) is 66.8 Å². The van der Waals surface area contributed by atoms with Crippen LogP contribution in [0, 0.1) is 11.8 Å². The number of esters is 1. The summed E-state index contributed by atoms with van der Waals surface area (Å²) in [6.45, 7) is 13.1. The SMILES string of the molecule is CCCCCCCCC(CCCCCC)C(=O)OCCCCCN(CCCCO)CCCCCSC(=O)C(CCCCCC)CCCCCCCC. The van der Waals surface area contributed by atoms with E-state index < -0.39 is 0 Å². The lowest BCUT2D eigenvalue weighted by atomic mass is 9.94. The highest BCUT2D eigenvalue weighted by Gasteiger charge is 2.20. The molecular weight excluding hydrogens is 663 g/mol. The molecule has 0 amide bonds. The lowest BCUT2D eigenvalue weighted by Gasteiger charge is -2.22. The van der Waals surface area contributed by atoms with Crippen LogP contribution in [0.2, 0.25) is 0 Å². The number of carbonyl (C=O) groups excluding carboxylic acids is 2. The number of aliphatic hydroxyl groups is 1. The average molecular weight is 754 g/mol. The molecule has 2 atom stereocenters. The molecule has 6 heteroatoms. The molecule has 0 saturated heterocycles. The van der Waals surface area contributed by atoms with Gasteiger partial charge in [0.2, 0.25) is 0 Å². The number of carbonyl (C=O) groups is 2.